The Hall–Kier alpha value is -2.69. The van der Waals surface area contributed by atoms with Crippen LogP contribution in [0.25, 0.3) is 0 Å². The fourth-order valence-electron chi connectivity index (χ4n) is 2.75. The molecule has 3 rings (SSSR count). The third-order valence-corrected chi connectivity index (χ3v) is 4.00. The van der Waals surface area contributed by atoms with E-state index in [1.165, 1.54) is 13.0 Å². The lowest BCUT2D eigenvalue weighted by Crippen LogP contribution is -2.31. The van der Waals surface area contributed by atoms with Crippen LogP contribution in [0.1, 0.15) is 25.3 Å². The monoisotopic (exact) mass is 326 g/mol. The van der Waals surface area contributed by atoms with E-state index in [1.54, 1.807) is 35.2 Å². The van der Waals surface area contributed by atoms with Crippen molar-refractivity contribution in [1.82, 2.24) is 0 Å². The summed E-state index contributed by atoms with van der Waals surface area (Å²) in [5.41, 5.74) is 1.61. The van der Waals surface area contributed by atoms with E-state index in [9.17, 15) is 14.0 Å². The highest BCUT2D eigenvalue weighted by Crippen LogP contribution is 2.36. The maximum absolute atomic E-state index is 13.7. The summed E-state index contributed by atoms with van der Waals surface area (Å²) >= 11 is 0. The number of hydrogen-bond donors (Lipinski definition) is 1. The molecule has 1 N–H and O–H groups in total. The van der Waals surface area contributed by atoms with Gasteiger partial charge in [-0.15, -0.1) is 0 Å². The van der Waals surface area contributed by atoms with Gasteiger partial charge in [0, 0.05) is 13.0 Å². The topological polar surface area (TPSA) is 49.4 Å². The number of halogens is 1. The van der Waals surface area contributed by atoms with E-state index in [0.717, 1.165) is 12.8 Å². The zero-order valence-corrected chi connectivity index (χ0v) is 13.5. The standard InChI is InChI=1S/C19H19FN2O2/c1-13(23)22(15-10-11-15)18-9-5-4-8-17(18)21-19(24)12-14-6-2-3-7-16(14)20/h2-9,15H,10-12H2,1H3,(H,21,24). The molecule has 0 bridgehead atoms. The van der Waals surface area contributed by atoms with E-state index in [2.05, 4.69) is 5.32 Å². The molecule has 2 aromatic carbocycles. The number of rotatable bonds is 5. The average Bonchev–Trinajstić information content (AvgIpc) is 3.36. The minimum absolute atomic E-state index is 0.0479. The van der Waals surface area contributed by atoms with Gasteiger partial charge >= 0.3 is 0 Å². The number of carbonyl (C=O) groups is 2. The van der Waals surface area contributed by atoms with Crippen molar-refractivity contribution in [2.75, 3.05) is 10.2 Å². The van der Waals surface area contributed by atoms with Crippen molar-refractivity contribution < 1.29 is 14.0 Å². The summed E-state index contributed by atoms with van der Waals surface area (Å²) < 4.78 is 13.7. The number of hydrogen-bond acceptors (Lipinski definition) is 2. The molecule has 0 aromatic heterocycles. The summed E-state index contributed by atoms with van der Waals surface area (Å²) in [6.45, 7) is 1.52. The van der Waals surface area contributed by atoms with Crippen molar-refractivity contribution in [2.45, 2.75) is 32.2 Å². The fraction of sp³-hybridized carbons (Fsp3) is 0.263. The van der Waals surface area contributed by atoms with Gasteiger partial charge in [0.05, 0.1) is 17.8 Å². The first-order valence-corrected chi connectivity index (χ1v) is 7.98. The Balaban J connectivity index is 1.79. The van der Waals surface area contributed by atoms with E-state index >= 15 is 0 Å². The van der Waals surface area contributed by atoms with Gasteiger partial charge in [-0.2, -0.15) is 0 Å². The summed E-state index contributed by atoms with van der Waals surface area (Å²) in [7, 11) is 0. The summed E-state index contributed by atoms with van der Waals surface area (Å²) in [5.74, 6) is -0.760. The highest BCUT2D eigenvalue weighted by atomic mass is 19.1. The maximum atomic E-state index is 13.7. The first-order chi connectivity index (χ1) is 11.6. The van der Waals surface area contributed by atoms with Gasteiger partial charge < -0.3 is 10.2 Å². The molecule has 4 nitrogen and oxygen atoms in total. The van der Waals surface area contributed by atoms with Crippen LogP contribution < -0.4 is 10.2 Å². The number of benzene rings is 2. The van der Waals surface area contributed by atoms with Crippen molar-refractivity contribution in [3.05, 3.63) is 59.9 Å². The van der Waals surface area contributed by atoms with Crippen LogP contribution in [0.2, 0.25) is 0 Å². The molecular weight excluding hydrogens is 307 g/mol. The molecule has 0 saturated heterocycles. The summed E-state index contributed by atoms with van der Waals surface area (Å²) in [6, 6.07) is 13.6. The van der Waals surface area contributed by atoms with Crippen LogP contribution in [0.3, 0.4) is 0 Å². The molecule has 5 heteroatoms. The van der Waals surface area contributed by atoms with Crippen molar-refractivity contribution in [3.8, 4) is 0 Å². The van der Waals surface area contributed by atoms with Gasteiger partial charge in [-0.1, -0.05) is 30.3 Å². The zero-order chi connectivity index (χ0) is 17.1. The summed E-state index contributed by atoms with van der Waals surface area (Å²) in [6.07, 6.45) is 1.89. The second-order valence-electron chi connectivity index (χ2n) is 5.95. The molecule has 2 aromatic rings. The number of nitrogens with zero attached hydrogens (tertiary/aromatic N) is 1. The Morgan fingerprint density at radius 3 is 2.46 bits per heavy atom. The molecular formula is C19H19FN2O2. The van der Waals surface area contributed by atoms with Gasteiger partial charge in [0.25, 0.3) is 0 Å². The molecule has 124 valence electrons. The van der Waals surface area contributed by atoms with Crippen LogP contribution in [-0.2, 0) is 16.0 Å². The average molecular weight is 326 g/mol. The Bertz CT molecular complexity index is 771. The Morgan fingerprint density at radius 2 is 1.79 bits per heavy atom. The van der Waals surface area contributed by atoms with Crippen LogP contribution in [0.5, 0.6) is 0 Å². The number of anilines is 2. The number of carbonyl (C=O) groups excluding carboxylic acids is 2. The quantitative estimate of drug-likeness (QED) is 0.914. The molecule has 1 aliphatic carbocycles. The molecule has 2 amide bonds. The summed E-state index contributed by atoms with van der Waals surface area (Å²) in [5, 5.41) is 2.80. The maximum Gasteiger partial charge on any atom is 0.228 e. The Morgan fingerprint density at radius 1 is 1.12 bits per heavy atom. The lowest BCUT2D eigenvalue weighted by Gasteiger charge is -2.24. The molecule has 0 heterocycles. The highest BCUT2D eigenvalue weighted by molar-refractivity contribution is 6.01. The van der Waals surface area contributed by atoms with Crippen LogP contribution in [0, 0.1) is 5.82 Å². The van der Waals surface area contributed by atoms with E-state index in [0.29, 0.717) is 16.9 Å². The smallest absolute Gasteiger partial charge is 0.228 e. The molecule has 0 atom stereocenters. The van der Waals surface area contributed by atoms with Gasteiger partial charge in [0.2, 0.25) is 11.8 Å². The van der Waals surface area contributed by atoms with Crippen LogP contribution in [0.4, 0.5) is 15.8 Å². The van der Waals surface area contributed by atoms with Crippen LogP contribution >= 0.6 is 0 Å². The SMILES string of the molecule is CC(=O)N(c1ccccc1NC(=O)Cc1ccccc1F)C1CC1. The second-order valence-corrected chi connectivity index (χ2v) is 5.95. The van der Waals surface area contributed by atoms with Crippen LogP contribution in [0.15, 0.2) is 48.5 Å². The zero-order valence-electron chi connectivity index (χ0n) is 13.5. The molecule has 0 radical (unpaired) electrons. The van der Waals surface area contributed by atoms with E-state index in [4.69, 9.17) is 0 Å². The first-order valence-electron chi connectivity index (χ1n) is 7.98. The second kappa shape index (κ2) is 6.83. The molecule has 1 fully saturated rings. The van der Waals surface area contributed by atoms with Crippen molar-refractivity contribution >= 4 is 23.2 Å². The highest BCUT2D eigenvalue weighted by Gasteiger charge is 2.33. The third-order valence-electron chi connectivity index (χ3n) is 4.00. The van der Waals surface area contributed by atoms with E-state index < -0.39 is 5.82 Å². The predicted octanol–water partition coefficient (Wildman–Crippen LogP) is 3.52. The number of nitrogens with one attached hydrogen (secondary N) is 1. The van der Waals surface area contributed by atoms with E-state index in [-0.39, 0.29) is 24.3 Å². The molecule has 0 spiro atoms. The number of amides is 2. The van der Waals surface area contributed by atoms with E-state index in [1.807, 2.05) is 12.1 Å². The van der Waals surface area contributed by atoms with Crippen molar-refractivity contribution in [2.24, 2.45) is 0 Å². The fourth-order valence-corrected chi connectivity index (χ4v) is 2.75. The van der Waals surface area contributed by atoms with Gasteiger partial charge in [-0.05, 0) is 36.6 Å². The Kier molecular flexibility index (Phi) is 4.60. The van der Waals surface area contributed by atoms with Crippen molar-refractivity contribution in [1.29, 1.82) is 0 Å². The molecule has 0 unspecified atom stereocenters. The summed E-state index contributed by atoms with van der Waals surface area (Å²) in [4.78, 5) is 26.0. The molecule has 0 aliphatic heterocycles. The first kappa shape index (κ1) is 16.2. The molecule has 1 aliphatic rings. The minimum Gasteiger partial charge on any atom is -0.324 e. The third kappa shape index (κ3) is 3.62. The van der Waals surface area contributed by atoms with Gasteiger partial charge in [-0.25, -0.2) is 4.39 Å². The van der Waals surface area contributed by atoms with Gasteiger partial charge in [0.15, 0.2) is 0 Å². The largest absolute Gasteiger partial charge is 0.324 e. The molecule has 1 saturated carbocycles. The normalized spacial score (nSPS) is 13.4. The minimum atomic E-state index is -0.399. The van der Waals surface area contributed by atoms with Crippen molar-refractivity contribution in [3.63, 3.8) is 0 Å². The predicted molar refractivity (Wildman–Crippen MR) is 91.4 cm³/mol. The van der Waals surface area contributed by atoms with Gasteiger partial charge in [-0.3, -0.25) is 9.59 Å². The molecule has 24 heavy (non-hydrogen) atoms. The van der Waals surface area contributed by atoms with Gasteiger partial charge in [0.1, 0.15) is 5.82 Å². The van der Waals surface area contributed by atoms with Crippen LogP contribution in [-0.4, -0.2) is 17.9 Å². The Labute approximate surface area is 140 Å². The number of para-hydroxylation sites is 2. The lowest BCUT2D eigenvalue weighted by molar-refractivity contribution is -0.117. The lowest BCUT2D eigenvalue weighted by atomic mass is 10.1.